The molecule has 108 valence electrons. The molecule has 0 aromatic heterocycles. The molecule has 0 amide bonds. The summed E-state index contributed by atoms with van der Waals surface area (Å²) < 4.78 is 5.49. The molecule has 1 aliphatic carbocycles. The molecular weight excluding hydrogens is 236 g/mol. The maximum absolute atomic E-state index is 12.2. The van der Waals surface area contributed by atoms with E-state index in [-0.39, 0.29) is 5.60 Å². The Morgan fingerprint density at radius 3 is 2.11 bits per heavy atom. The topological polar surface area (TPSA) is 29.6 Å². The predicted molar refractivity (Wildman–Crippen MR) is 78.2 cm³/mol. The summed E-state index contributed by atoms with van der Waals surface area (Å²) in [7, 11) is 0. The van der Waals surface area contributed by atoms with Crippen LogP contribution in [0.4, 0.5) is 0 Å². The third-order valence-electron chi connectivity index (χ3n) is 4.39. The first-order valence-electron chi connectivity index (χ1n) is 8.16. The molecule has 0 N–H and O–H groups in total. The van der Waals surface area contributed by atoms with Crippen molar-refractivity contribution < 1.29 is 9.53 Å². The van der Waals surface area contributed by atoms with Crippen LogP contribution >= 0.6 is 0 Å². The van der Waals surface area contributed by atoms with Gasteiger partial charge in [-0.1, -0.05) is 44.3 Å². The minimum absolute atomic E-state index is 0.340. The van der Waals surface area contributed by atoms with Crippen LogP contribution in [0.5, 0.6) is 0 Å². The van der Waals surface area contributed by atoms with Gasteiger partial charge in [-0.05, 0) is 38.5 Å². The summed E-state index contributed by atoms with van der Waals surface area (Å²) in [6.07, 6.45) is 18.6. The van der Waals surface area contributed by atoms with Crippen LogP contribution in [-0.4, -0.2) is 18.0 Å². The molecule has 1 heterocycles. The van der Waals surface area contributed by atoms with Gasteiger partial charge >= 0.3 is 0 Å². The van der Waals surface area contributed by atoms with E-state index < -0.39 is 0 Å². The number of carbonyl (C=O) groups is 1. The van der Waals surface area contributed by atoms with Crippen LogP contribution < -0.4 is 0 Å². The highest BCUT2D eigenvalue weighted by Crippen LogP contribution is 2.35. The number of allylic oxidation sites excluding steroid dienone is 2. The van der Waals surface area contributed by atoms with Crippen LogP contribution in [0.25, 0.3) is 0 Å². The number of ketones is 1. The van der Waals surface area contributed by atoms with E-state index in [1.54, 1.807) is 0 Å². The number of rotatable bonds is 0. The second kappa shape index (κ2) is 7.84. The summed E-state index contributed by atoms with van der Waals surface area (Å²) >= 11 is 0. The van der Waals surface area contributed by atoms with Gasteiger partial charge < -0.3 is 4.74 Å². The van der Waals surface area contributed by atoms with Crippen molar-refractivity contribution in [1.82, 2.24) is 0 Å². The first kappa shape index (κ1) is 14.8. The van der Waals surface area contributed by atoms with Crippen LogP contribution in [0.1, 0.15) is 77.0 Å². The highest BCUT2D eigenvalue weighted by atomic mass is 16.6. The molecule has 19 heavy (non-hydrogen) atoms. The van der Waals surface area contributed by atoms with Gasteiger partial charge in [0.05, 0.1) is 6.61 Å². The monoisotopic (exact) mass is 264 g/mol. The molecule has 2 aliphatic rings. The van der Waals surface area contributed by atoms with Gasteiger partial charge in [-0.3, -0.25) is 4.79 Å². The highest BCUT2D eigenvalue weighted by molar-refractivity contribution is 5.89. The first-order chi connectivity index (χ1) is 9.33. The summed E-state index contributed by atoms with van der Waals surface area (Å²) in [6.45, 7) is 0.686. The number of epoxide rings is 1. The minimum Gasteiger partial charge on any atom is -0.361 e. The quantitative estimate of drug-likeness (QED) is 0.473. The lowest BCUT2D eigenvalue weighted by Gasteiger charge is -2.10. The Balaban J connectivity index is 1.76. The normalized spacial score (nSPS) is 31.5. The first-order valence-corrected chi connectivity index (χ1v) is 8.16. The predicted octanol–water partition coefficient (Wildman–Crippen LogP) is 4.58. The van der Waals surface area contributed by atoms with Crippen molar-refractivity contribution >= 4 is 5.78 Å². The number of hydrogen-bond donors (Lipinski definition) is 0. The van der Waals surface area contributed by atoms with Crippen LogP contribution in [0, 0.1) is 0 Å². The van der Waals surface area contributed by atoms with Gasteiger partial charge in [0, 0.05) is 6.42 Å². The summed E-state index contributed by atoms with van der Waals surface area (Å²) in [5.74, 6) is 0.375. The molecule has 0 aromatic rings. The number of hydrogen-bond acceptors (Lipinski definition) is 2. The lowest BCUT2D eigenvalue weighted by atomic mass is 9.93. The Bertz CT molecular complexity index is 302. The largest absolute Gasteiger partial charge is 0.361 e. The molecule has 2 rings (SSSR count). The molecule has 1 saturated heterocycles. The smallest absolute Gasteiger partial charge is 0.167 e. The van der Waals surface area contributed by atoms with E-state index in [9.17, 15) is 4.79 Å². The standard InChI is InChI=1S/C17H28O2/c18-16-13-11-9-7-5-3-1-2-4-6-8-10-12-14-17(16)15-19-17/h2,4H,1,3,5-15H2. The van der Waals surface area contributed by atoms with Crippen LogP contribution in [-0.2, 0) is 9.53 Å². The van der Waals surface area contributed by atoms with Crippen molar-refractivity contribution in [3.8, 4) is 0 Å². The van der Waals surface area contributed by atoms with Gasteiger partial charge in [0.2, 0.25) is 0 Å². The molecule has 1 fully saturated rings. The second-order valence-electron chi connectivity index (χ2n) is 6.08. The third-order valence-corrected chi connectivity index (χ3v) is 4.39. The zero-order chi connectivity index (χ0) is 13.4. The van der Waals surface area contributed by atoms with Crippen molar-refractivity contribution in [2.75, 3.05) is 6.61 Å². The van der Waals surface area contributed by atoms with Crippen LogP contribution in [0.15, 0.2) is 12.2 Å². The molecule has 1 aliphatic heterocycles. The average Bonchev–Trinajstić information content (AvgIpc) is 3.19. The van der Waals surface area contributed by atoms with E-state index in [4.69, 9.17) is 4.74 Å². The van der Waals surface area contributed by atoms with E-state index in [1.165, 1.54) is 51.4 Å². The van der Waals surface area contributed by atoms with Crippen molar-refractivity contribution in [2.24, 2.45) is 0 Å². The number of Topliss-reactive ketones (excluding diaryl/α,β-unsaturated/α-hetero) is 1. The van der Waals surface area contributed by atoms with Crippen LogP contribution in [0.2, 0.25) is 0 Å². The van der Waals surface area contributed by atoms with E-state index >= 15 is 0 Å². The maximum atomic E-state index is 12.2. The number of carbonyl (C=O) groups excluding carboxylic acids is 1. The molecule has 2 nitrogen and oxygen atoms in total. The molecule has 2 heteroatoms. The molecule has 0 saturated carbocycles. The fourth-order valence-electron chi connectivity index (χ4n) is 2.92. The fraction of sp³-hybridized carbons (Fsp3) is 0.824. The maximum Gasteiger partial charge on any atom is 0.167 e. The van der Waals surface area contributed by atoms with Gasteiger partial charge in [-0.2, -0.15) is 0 Å². The fourth-order valence-corrected chi connectivity index (χ4v) is 2.92. The van der Waals surface area contributed by atoms with Crippen LogP contribution in [0.3, 0.4) is 0 Å². The van der Waals surface area contributed by atoms with E-state index in [0.717, 1.165) is 25.7 Å². The number of ether oxygens (including phenoxy) is 1. The lowest BCUT2D eigenvalue weighted by Crippen LogP contribution is -2.24. The molecule has 1 atom stereocenters. The Morgan fingerprint density at radius 1 is 0.842 bits per heavy atom. The highest BCUT2D eigenvalue weighted by Gasteiger charge is 2.50. The van der Waals surface area contributed by atoms with Gasteiger partial charge in [0.25, 0.3) is 0 Å². The van der Waals surface area contributed by atoms with E-state index in [0.29, 0.717) is 12.4 Å². The van der Waals surface area contributed by atoms with Crippen molar-refractivity contribution in [2.45, 2.75) is 82.7 Å². The summed E-state index contributed by atoms with van der Waals surface area (Å²) in [5.41, 5.74) is -0.340. The second-order valence-corrected chi connectivity index (χ2v) is 6.08. The van der Waals surface area contributed by atoms with E-state index in [2.05, 4.69) is 12.2 Å². The van der Waals surface area contributed by atoms with E-state index in [1.807, 2.05) is 0 Å². The minimum atomic E-state index is -0.340. The third kappa shape index (κ3) is 5.10. The van der Waals surface area contributed by atoms with Gasteiger partial charge in [-0.15, -0.1) is 0 Å². The molecule has 0 bridgehead atoms. The van der Waals surface area contributed by atoms with Gasteiger partial charge in [0.15, 0.2) is 5.78 Å². The zero-order valence-electron chi connectivity index (χ0n) is 12.2. The van der Waals surface area contributed by atoms with Gasteiger partial charge in [0.1, 0.15) is 5.60 Å². The summed E-state index contributed by atoms with van der Waals surface area (Å²) in [6, 6.07) is 0. The molecular formula is C17H28O2. The Kier molecular flexibility index (Phi) is 6.09. The molecule has 0 radical (unpaired) electrons. The summed E-state index contributed by atoms with van der Waals surface area (Å²) in [5, 5.41) is 0. The molecule has 0 aromatic carbocycles. The average molecular weight is 264 g/mol. The lowest BCUT2D eigenvalue weighted by molar-refractivity contribution is -0.124. The van der Waals surface area contributed by atoms with Crippen molar-refractivity contribution in [3.05, 3.63) is 12.2 Å². The Morgan fingerprint density at radius 2 is 1.42 bits per heavy atom. The van der Waals surface area contributed by atoms with Crippen molar-refractivity contribution in [3.63, 3.8) is 0 Å². The molecule has 1 unspecified atom stereocenters. The SMILES string of the molecule is O=C1CCCCCCCC=CCCCCCC12CO2. The Hall–Kier alpha value is -0.630. The zero-order valence-corrected chi connectivity index (χ0v) is 12.2. The summed E-state index contributed by atoms with van der Waals surface area (Å²) in [4.78, 5) is 12.2. The van der Waals surface area contributed by atoms with Gasteiger partial charge in [-0.25, -0.2) is 0 Å². The molecule has 1 spiro atoms. The Labute approximate surface area is 117 Å². The van der Waals surface area contributed by atoms with Crippen molar-refractivity contribution in [1.29, 1.82) is 0 Å².